The Morgan fingerprint density at radius 2 is 2.22 bits per heavy atom. The van der Waals surface area contributed by atoms with Crippen molar-refractivity contribution in [3.05, 3.63) is 34.9 Å². The van der Waals surface area contributed by atoms with Crippen LogP contribution in [0.2, 0.25) is 0 Å². The Kier molecular flexibility index (Phi) is 5.59. The van der Waals surface area contributed by atoms with Gasteiger partial charge < -0.3 is 9.53 Å². The van der Waals surface area contributed by atoms with E-state index in [2.05, 4.69) is 6.07 Å². The van der Waals surface area contributed by atoms with Crippen molar-refractivity contribution >= 4 is 12.3 Å². The lowest BCUT2D eigenvalue weighted by Crippen LogP contribution is -2.06. The molecule has 1 rings (SSSR count). The van der Waals surface area contributed by atoms with Crippen molar-refractivity contribution in [1.29, 1.82) is 5.26 Å². The van der Waals surface area contributed by atoms with E-state index in [4.69, 9.17) is 10.00 Å². The zero-order chi connectivity index (χ0) is 13.4. The number of aryl methyl sites for hydroxylation is 1. The zero-order valence-electron chi connectivity index (χ0n) is 10.3. The van der Waals surface area contributed by atoms with E-state index in [1.54, 1.807) is 25.1 Å². The van der Waals surface area contributed by atoms with Gasteiger partial charge in [-0.05, 0) is 36.6 Å². The third-order valence-electron chi connectivity index (χ3n) is 2.52. The maximum Gasteiger partial charge on any atom is 0.338 e. The van der Waals surface area contributed by atoms with Gasteiger partial charge in [0.05, 0.1) is 24.7 Å². The van der Waals surface area contributed by atoms with Crippen LogP contribution in [0.3, 0.4) is 0 Å². The molecule has 1 aromatic carbocycles. The first-order valence-electron chi connectivity index (χ1n) is 5.82. The van der Waals surface area contributed by atoms with Crippen molar-refractivity contribution in [3.63, 3.8) is 0 Å². The first-order valence-corrected chi connectivity index (χ1v) is 5.82. The number of carbonyl (C=O) groups excluding carboxylic acids is 2. The summed E-state index contributed by atoms with van der Waals surface area (Å²) in [6.45, 7) is 2.07. The molecule has 0 heterocycles. The zero-order valence-corrected chi connectivity index (χ0v) is 10.3. The number of benzene rings is 1. The molecule has 0 saturated carbocycles. The number of nitrogens with zero attached hydrogens (tertiary/aromatic N) is 1. The number of esters is 1. The number of hydrogen-bond donors (Lipinski definition) is 0. The summed E-state index contributed by atoms with van der Waals surface area (Å²) in [6, 6.07) is 7.17. The van der Waals surface area contributed by atoms with Crippen molar-refractivity contribution < 1.29 is 14.3 Å². The third kappa shape index (κ3) is 3.70. The highest BCUT2D eigenvalue weighted by Gasteiger charge is 2.10. The van der Waals surface area contributed by atoms with Gasteiger partial charge in [-0.1, -0.05) is 6.07 Å². The van der Waals surface area contributed by atoms with Gasteiger partial charge in [-0.2, -0.15) is 5.26 Å². The summed E-state index contributed by atoms with van der Waals surface area (Å²) in [7, 11) is 0. The minimum atomic E-state index is -0.381. The number of aldehydes is 1. The van der Waals surface area contributed by atoms with E-state index < -0.39 is 0 Å². The van der Waals surface area contributed by atoms with Crippen molar-refractivity contribution in [2.45, 2.75) is 26.2 Å². The molecular weight excluding hydrogens is 230 g/mol. The van der Waals surface area contributed by atoms with Crippen molar-refractivity contribution in [1.82, 2.24) is 0 Å². The van der Waals surface area contributed by atoms with Crippen LogP contribution in [0.15, 0.2) is 18.2 Å². The van der Waals surface area contributed by atoms with Gasteiger partial charge >= 0.3 is 5.97 Å². The van der Waals surface area contributed by atoms with Crippen molar-refractivity contribution in [2.75, 3.05) is 6.61 Å². The van der Waals surface area contributed by atoms with Gasteiger partial charge in [0.1, 0.15) is 6.29 Å². The van der Waals surface area contributed by atoms with E-state index in [0.717, 1.165) is 17.4 Å². The van der Waals surface area contributed by atoms with Crippen LogP contribution in [0.25, 0.3) is 0 Å². The fraction of sp³-hybridized carbons (Fsp3) is 0.357. The molecule has 0 saturated heterocycles. The van der Waals surface area contributed by atoms with Gasteiger partial charge in [0.25, 0.3) is 0 Å². The second-order valence-corrected chi connectivity index (χ2v) is 3.74. The van der Waals surface area contributed by atoms with Crippen LogP contribution in [0.5, 0.6) is 0 Å². The highest BCUT2D eigenvalue weighted by Crippen LogP contribution is 2.15. The van der Waals surface area contributed by atoms with E-state index in [1.807, 2.05) is 0 Å². The second-order valence-electron chi connectivity index (χ2n) is 3.74. The summed E-state index contributed by atoms with van der Waals surface area (Å²) >= 11 is 0. The maximum absolute atomic E-state index is 11.6. The fourth-order valence-corrected chi connectivity index (χ4v) is 1.67. The van der Waals surface area contributed by atoms with E-state index in [-0.39, 0.29) is 12.4 Å². The van der Waals surface area contributed by atoms with E-state index in [0.29, 0.717) is 25.0 Å². The molecule has 0 fully saturated rings. The van der Waals surface area contributed by atoms with E-state index >= 15 is 0 Å². The van der Waals surface area contributed by atoms with Gasteiger partial charge in [0.2, 0.25) is 0 Å². The Balaban J connectivity index is 3.00. The normalized spacial score (nSPS) is 9.56. The third-order valence-corrected chi connectivity index (χ3v) is 2.52. The first-order chi connectivity index (χ1) is 8.72. The predicted molar refractivity (Wildman–Crippen MR) is 66.1 cm³/mol. The van der Waals surface area contributed by atoms with Crippen LogP contribution in [0.1, 0.15) is 34.8 Å². The van der Waals surface area contributed by atoms with Gasteiger partial charge in [-0.3, -0.25) is 0 Å². The lowest BCUT2D eigenvalue weighted by Gasteiger charge is -2.08. The molecule has 0 aromatic heterocycles. The molecule has 0 amide bonds. The minimum Gasteiger partial charge on any atom is -0.462 e. The number of ether oxygens (including phenoxy) is 1. The predicted octanol–water partition coefficient (Wildman–Crippen LogP) is 2.06. The molecule has 0 radical (unpaired) electrons. The molecule has 94 valence electrons. The lowest BCUT2D eigenvalue weighted by atomic mass is 9.98. The number of nitriles is 1. The van der Waals surface area contributed by atoms with Crippen LogP contribution in [0, 0.1) is 11.3 Å². The first kappa shape index (κ1) is 13.9. The molecule has 1 aromatic rings. The average Bonchev–Trinajstić information content (AvgIpc) is 2.38. The standard InChI is InChI=1S/C14H15NO3/c1-2-18-14(17)13-6-5-11(7-8-15)12(10-13)4-3-9-16/h5-6,9-10H,2-4,7H2,1H3. The highest BCUT2D eigenvalue weighted by atomic mass is 16.5. The molecule has 0 bridgehead atoms. The number of rotatable bonds is 6. The van der Waals surface area contributed by atoms with Gasteiger partial charge in [0, 0.05) is 6.42 Å². The summed E-state index contributed by atoms with van der Waals surface area (Å²) in [5.41, 5.74) is 2.17. The van der Waals surface area contributed by atoms with Crippen LogP contribution in [-0.4, -0.2) is 18.9 Å². The number of carbonyl (C=O) groups is 2. The largest absolute Gasteiger partial charge is 0.462 e. The summed E-state index contributed by atoms with van der Waals surface area (Å²) in [5, 5.41) is 8.72. The Morgan fingerprint density at radius 1 is 1.44 bits per heavy atom. The number of hydrogen-bond acceptors (Lipinski definition) is 4. The van der Waals surface area contributed by atoms with Crippen molar-refractivity contribution in [3.8, 4) is 6.07 Å². The van der Waals surface area contributed by atoms with Crippen molar-refractivity contribution in [2.24, 2.45) is 0 Å². The maximum atomic E-state index is 11.6. The lowest BCUT2D eigenvalue weighted by molar-refractivity contribution is -0.107. The minimum absolute atomic E-state index is 0.275. The molecule has 4 heteroatoms. The molecule has 0 N–H and O–H groups in total. The Bertz CT molecular complexity index is 474. The topological polar surface area (TPSA) is 67.2 Å². The molecule has 0 aliphatic carbocycles. The Hall–Kier alpha value is -2.15. The second kappa shape index (κ2) is 7.23. The highest BCUT2D eigenvalue weighted by molar-refractivity contribution is 5.89. The summed E-state index contributed by atoms with van der Waals surface area (Å²) in [4.78, 5) is 22.0. The van der Waals surface area contributed by atoms with Crippen LogP contribution in [-0.2, 0) is 22.4 Å². The summed E-state index contributed by atoms with van der Waals surface area (Å²) < 4.78 is 4.91. The van der Waals surface area contributed by atoms with E-state index in [1.165, 1.54) is 0 Å². The average molecular weight is 245 g/mol. The molecule has 0 atom stereocenters. The Labute approximate surface area is 106 Å². The monoisotopic (exact) mass is 245 g/mol. The van der Waals surface area contributed by atoms with Gasteiger partial charge in [0.15, 0.2) is 0 Å². The quantitative estimate of drug-likeness (QED) is 0.568. The van der Waals surface area contributed by atoms with E-state index in [9.17, 15) is 9.59 Å². The molecule has 0 aliphatic rings. The van der Waals surface area contributed by atoms with Crippen LogP contribution >= 0.6 is 0 Å². The smallest absolute Gasteiger partial charge is 0.338 e. The summed E-state index contributed by atoms with van der Waals surface area (Å²) in [5.74, 6) is -0.381. The van der Waals surface area contributed by atoms with Crippen LogP contribution in [0.4, 0.5) is 0 Å². The van der Waals surface area contributed by atoms with Gasteiger partial charge in [-0.25, -0.2) is 4.79 Å². The van der Waals surface area contributed by atoms with Gasteiger partial charge in [-0.15, -0.1) is 0 Å². The molecule has 4 nitrogen and oxygen atoms in total. The molecule has 0 unspecified atom stereocenters. The molecular formula is C14H15NO3. The summed E-state index contributed by atoms with van der Waals surface area (Å²) in [6.07, 6.45) is 2.02. The SMILES string of the molecule is CCOC(=O)c1ccc(CC#N)c(CCC=O)c1. The fourth-order valence-electron chi connectivity index (χ4n) is 1.67. The van der Waals surface area contributed by atoms with Crippen LogP contribution < -0.4 is 0 Å². The Morgan fingerprint density at radius 3 is 2.83 bits per heavy atom. The molecule has 18 heavy (non-hydrogen) atoms. The molecule has 0 spiro atoms. The molecule has 0 aliphatic heterocycles.